The van der Waals surface area contributed by atoms with Gasteiger partial charge in [0.1, 0.15) is 5.76 Å². The van der Waals surface area contributed by atoms with Crippen LogP contribution in [0.1, 0.15) is 29.0 Å². The van der Waals surface area contributed by atoms with Crippen LogP contribution in [0.2, 0.25) is 5.02 Å². The van der Waals surface area contributed by atoms with Gasteiger partial charge in [-0.05, 0) is 38.0 Å². The minimum atomic E-state index is 0.00461. The third-order valence-electron chi connectivity index (χ3n) is 3.16. The maximum absolute atomic E-state index is 11.8. The predicted molar refractivity (Wildman–Crippen MR) is 77.6 cm³/mol. The Balaban J connectivity index is 1.81. The topological polar surface area (TPSA) is 55.1 Å². The molecule has 2 aromatic rings. The number of benzene rings is 1. The van der Waals surface area contributed by atoms with Crippen molar-refractivity contribution in [3.05, 3.63) is 51.9 Å². The molecule has 4 nitrogen and oxygen atoms in total. The van der Waals surface area contributed by atoms with Crippen molar-refractivity contribution in [3.8, 4) is 0 Å². The van der Waals surface area contributed by atoms with E-state index in [0.717, 1.165) is 22.6 Å². The molecule has 0 saturated heterocycles. The van der Waals surface area contributed by atoms with Gasteiger partial charge in [-0.2, -0.15) is 0 Å². The number of carbonyl (C=O) groups is 1. The van der Waals surface area contributed by atoms with Crippen molar-refractivity contribution >= 4 is 17.5 Å². The van der Waals surface area contributed by atoms with Gasteiger partial charge in [-0.1, -0.05) is 28.9 Å². The second-order valence-electron chi connectivity index (χ2n) is 4.71. The highest BCUT2D eigenvalue weighted by Crippen LogP contribution is 2.14. The van der Waals surface area contributed by atoms with Crippen molar-refractivity contribution in [2.45, 2.75) is 33.2 Å². The van der Waals surface area contributed by atoms with E-state index in [4.69, 9.17) is 16.1 Å². The molecule has 0 fully saturated rings. The fourth-order valence-corrected chi connectivity index (χ4v) is 2.25. The molecule has 0 aliphatic heterocycles. The summed E-state index contributed by atoms with van der Waals surface area (Å²) in [4.78, 5) is 11.8. The van der Waals surface area contributed by atoms with Gasteiger partial charge in [-0.15, -0.1) is 0 Å². The monoisotopic (exact) mass is 292 g/mol. The van der Waals surface area contributed by atoms with Crippen LogP contribution in [0, 0.1) is 13.8 Å². The Bertz CT molecular complexity index is 588. The molecular weight excluding hydrogens is 276 g/mol. The lowest BCUT2D eigenvalue weighted by Crippen LogP contribution is -2.23. The minimum Gasteiger partial charge on any atom is -0.361 e. The van der Waals surface area contributed by atoms with Crippen molar-refractivity contribution in [3.63, 3.8) is 0 Å². The summed E-state index contributed by atoms with van der Waals surface area (Å²) in [6, 6.07) is 7.45. The van der Waals surface area contributed by atoms with Crippen LogP contribution in [0.4, 0.5) is 0 Å². The molecule has 0 bridgehead atoms. The lowest BCUT2D eigenvalue weighted by atomic mass is 10.1. The Morgan fingerprint density at radius 2 is 2.20 bits per heavy atom. The van der Waals surface area contributed by atoms with Gasteiger partial charge in [-0.3, -0.25) is 4.79 Å². The second-order valence-corrected chi connectivity index (χ2v) is 5.15. The van der Waals surface area contributed by atoms with Gasteiger partial charge < -0.3 is 9.84 Å². The number of aryl methyl sites for hydroxylation is 2. The average molecular weight is 293 g/mol. The molecule has 2 rings (SSSR count). The third kappa shape index (κ3) is 3.84. The van der Waals surface area contributed by atoms with Crippen LogP contribution in [0.15, 0.2) is 28.8 Å². The van der Waals surface area contributed by atoms with E-state index >= 15 is 0 Å². The Hall–Kier alpha value is -1.81. The van der Waals surface area contributed by atoms with E-state index in [9.17, 15) is 4.79 Å². The predicted octanol–water partition coefficient (Wildman–Crippen LogP) is 3.19. The van der Waals surface area contributed by atoms with E-state index in [1.165, 1.54) is 0 Å². The maximum atomic E-state index is 11.8. The summed E-state index contributed by atoms with van der Waals surface area (Å²) in [5, 5.41) is 7.43. The quantitative estimate of drug-likeness (QED) is 0.921. The summed E-state index contributed by atoms with van der Waals surface area (Å²) in [6.07, 6.45) is 1.06. The van der Waals surface area contributed by atoms with Crippen LogP contribution < -0.4 is 5.32 Å². The molecule has 0 saturated carbocycles. The zero-order valence-corrected chi connectivity index (χ0v) is 12.3. The molecule has 0 aliphatic carbocycles. The van der Waals surface area contributed by atoms with E-state index in [1.807, 2.05) is 38.1 Å². The number of nitrogens with one attached hydrogen (secondary N) is 1. The normalized spacial score (nSPS) is 10.6. The van der Waals surface area contributed by atoms with Crippen molar-refractivity contribution in [1.82, 2.24) is 10.5 Å². The number of hydrogen-bond donors (Lipinski definition) is 1. The summed E-state index contributed by atoms with van der Waals surface area (Å²) in [7, 11) is 0. The zero-order valence-electron chi connectivity index (χ0n) is 11.6. The Kier molecular flexibility index (Phi) is 4.79. The summed E-state index contributed by atoms with van der Waals surface area (Å²) >= 11 is 5.89. The lowest BCUT2D eigenvalue weighted by molar-refractivity contribution is -0.121. The van der Waals surface area contributed by atoms with Crippen LogP contribution in [-0.2, 0) is 17.8 Å². The van der Waals surface area contributed by atoms with Crippen molar-refractivity contribution in [1.29, 1.82) is 0 Å². The molecule has 0 unspecified atom stereocenters. The summed E-state index contributed by atoms with van der Waals surface area (Å²) < 4.78 is 5.07. The van der Waals surface area contributed by atoms with Gasteiger partial charge in [0.25, 0.3) is 0 Å². The average Bonchev–Trinajstić information content (AvgIpc) is 2.74. The largest absolute Gasteiger partial charge is 0.361 e. The second kappa shape index (κ2) is 6.57. The van der Waals surface area contributed by atoms with Crippen LogP contribution in [-0.4, -0.2) is 11.1 Å². The third-order valence-corrected chi connectivity index (χ3v) is 3.40. The molecule has 0 atom stereocenters. The molecule has 1 aromatic carbocycles. The molecule has 0 aliphatic rings. The Morgan fingerprint density at radius 1 is 1.40 bits per heavy atom. The smallest absolute Gasteiger partial charge is 0.220 e. The lowest BCUT2D eigenvalue weighted by Gasteiger charge is -2.05. The van der Waals surface area contributed by atoms with Crippen LogP contribution in [0.25, 0.3) is 0 Å². The molecule has 0 spiro atoms. The van der Waals surface area contributed by atoms with E-state index in [2.05, 4.69) is 10.5 Å². The summed E-state index contributed by atoms with van der Waals surface area (Å²) in [5.74, 6) is 0.787. The van der Waals surface area contributed by atoms with E-state index < -0.39 is 0 Å². The van der Waals surface area contributed by atoms with Gasteiger partial charge in [-0.25, -0.2) is 0 Å². The van der Waals surface area contributed by atoms with E-state index in [0.29, 0.717) is 24.4 Å². The van der Waals surface area contributed by atoms with Crippen molar-refractivity contribution in [2.24, 2.45) is 0 Å². The highest BCUT2D eigenvalue weighted by Gasteiger charge is 2.10. The number of hydrogen-bond acceptors (Lipinski definition) is 3. The fourth-order valence-electron chi connectivity index (χ4n) is 2.03. The van der Waals surface area contributed by atoms with E-state index in [-0.39, 0.29) is 5.91 Å². The molecule has 5 heteroatoms. The molecule has 20 heavy (non-hydrogen) atoms. The van der Waals surface area contributed by atoms with Gasteiger partial charge in [0.2, 0.25) is 5.91 Å². The molecule has 1 heterocycles. The van der Waals surface area contributed by atoms with Gasteiger partial charge >= 0.3 is 0 Å². The van der Waals surface area contributed by atoms with Crippen molar-refractivity contribution < 1.29 is 9.32 Å². The molecule has 1 amide bonds. The highest BCUT2D eigenvalue weighted by molar-refractivity contribution is 6.30. The number of aromatic nitrogens is 1. The molecule has 0 radical (unpaired) electrons. The molecule has 106 valence electrons. The molecule has 1 aromatic heterocycles. The Morgan fingerprint density at radius 3 is 2.85 bits per heavy atom. The maximum Gasteiger partial charge on any atom is 0.220 e. The van der Waals surface area contributed by atoms with Crippen molar-refractivity contribution in [2.75, 3.05) is 0 Å². The zero-order chi connectivity index (χ0) is 14.5. The number of amides is 1. The number of nitrogens with zero attached hydrogens (tertiary/aromatic N) is 1. The standard InChI is InChI=1S/C15H17ClN2O2/c1-10-14(11(2)20-18-10)6-7-15(19)17-9-12-4-3-5-13(16)8-12/h3-5,8H,6-7,9H2,1-2H3,(H,17,19). The molecule has 1 N–H and O–H groups in total. The van der Waals surface area contributed by atoms with E-state index in [1.54, 1.807) is 0 Å². The highest BCUT2D eigenvalue weighted by atomic mass is 35.5. The van der Waals surface area contributed by atoms with Crippen LogP contribution in [0.5, 0.6) is 0 Å². The SMILES string of the molecule is Cc1noc(C)c1CCC(=O)NCc1cccc(Cl)c1. The van der Waals surface area contributed by atoms with Gasteiger partial charge in [0, 0.05) is 23.6 Å². The fraction of sp³-hybridized carbons (Fsp3) is 0.333. The minimum absolute atomic E-state index is 0.00461. The van der Waals surface area contributed by atoms with Crippen LogP contribution >= 0.6 is 11.6 Å². The Labute approximate surface area is 123 Å². The number of halogens is 1. The first-order valence-corrected chi connectivity index (χ1v) is 6.87. The first-order chi connectivity index (χ1) is 9.56. The van der Waals surface area contributed by atoms with Gasteiger partial charge in [0.05, 0.1) is 5.69 Å². The summed E-state index contributed by atoms with van der Waals surface area (Å²) in [6.45, 7) is 4.23. The number of rotatable bonds is 5. The van der Waals surface area contributed by atoms with Gasteiger partial charge in [0.15, 0.2) is 0 Å². The first-order valence-electron chi connectivity index (χ1n) is 6.49. The summed E-state index contributed by atoms with van der Waals surface area (Å²) in [5.41, 5.74) is 2.86. The number of carbonyl (C=O) groups excluding carboxylic acids is 1. The first kappa shape index (κ1) is 14.6. The van der Waals surface area contributed by atoms with Crippen LogP contribution in [0.3, 0.4) is 0 Å². The molecular formula is C15H17ClN2O2.